The lowest BCUT2D eigenvalue weighted by Crippen LogP contribution is -2.44. The van der Waals surface area contributed by atoms with Gasteiger partial charge in [-0.15, -0.1) is 0 Å². The molecule has 1 saturated heterocycles. The van der Waals surface area contributed by atoms with E-state index >= 15 is 0 Å². The zero-order valence-corrected chi connectivity index (χ0v) is 17.8. The van der Waals surface area contributed by atoms with Crippen molar-refractivity contribution in [3.63, 3.8) is 0 Å². The van der Waals surface area contributed by atoms with Gasteiger partial charge in [0, 0.05) is 7.05 Å². The number of benzene rings is 2. The van der Waals surface area contributed by atoms with Crippen LogP contribution in [-0.4, -0.2) is 54.5 Å². The van der Waals surface area contributed by atoms with E-state index in [1.54, 1.807) is 32.2 Å². The maximum atomic E-state index is 13.2. The van der Waals surface area contributed by atoms with Crippen molar-refractivity contribution in [3.8, 4) is 11.5 Å². The molecule has 2 atom stereocenters. The Kier molecular flexibility index (Phi) is 5.31. The summed E-state index contributed by atoms with van der Waals surface area (Å²) in [7, 11) is 1.67. The number of carbonyl (C=O) groups is 3. The molecule has 2 aromatic rings. The highest BCUT2D eigenvalue weighted by atomic mass is 16.6. The third kappa shape index (κ3) is 3.69. The Morgan fingerprint density at radius 1 is 1.13 bits per heavy atom. The van der Waals surface area contributed by atoms with Crippen molar-refractivity contribution in [2.24, 2.45) is 0 Å². The number of nitrogens with zero attached hydrogens (tertiary/aromatic N) is 2. The summed E-state index contributed by atoms with van der Waals surface area (Å²) < 4.78 is 11.1. The summed E-state index contributed by atoms with van der Waals surface area (Å²) >= 11 is 0. The molecule has 2 aliphatic rings. The fraction of sp³-hybridized carbons (Fsp3) is 0.348. The minimum atomic E-state index is -1.29. The van der Waals surface area contributed by atoms with Crippen LogP contribution in [0, 0.1) is 0 Å². The van der Waals surface area contributed by atoms with Crippen molar-refractivity contribution in [3.05, 3.63) is 59.7 Å². The first-order chi connectivity index (χ1) is 14.8. The number of hydrogen-bond acceptors (Lipinski definition) is 5. The van der Waals surface area contributed by atoms with Crippen LogP contribution in [0.2, 0.25) is 0 Å². The molecule has 0 spiro atoms. The molecule has 0 saturated carbocycles. The summed E-state index contributed by atoms with van der Waals surface area (Å²) in [4.78, 5) is 41.2. The summed E-state index contributed by atoms with van der Waals surface area (Å²) in [6, 6.07) is 13.9. The molecule has 1 fully saturated rings. The molecule has 1 N–H and O–H groups in total. The van der Waals surface area contributed by atoms with Gasteiger partial charge in [0.1, 0.15) is 25.3 Å². The molecule has 4 rings (SSSR count). The number of likely N-dealkylation sites (N-methyl/N-ethyl adjacent to an activating group) is 1. The predicted molar refractivity (Wildman–Crippen MR) is 113 cm³/mol. The molecule has 162 valence electrons. The molecule has 0 aromatic heterocycles. The van der Waals surface area contributed by atoms with E-state index < -0.39 is 17.5 Å². The van der Waals surface area contributed by atoms with Gasteiger partial charge in [0.15, 0.2) is 11.5 Å². The number of hydrogen-bond donors (Lipinski definition) is 1. The zero-order valence-electron chi connectivity index (χ0n) is 17.8. The first kappa shape index (κ1) is 20.7. The summed E-state index contributed by atoms with van der Waals surface area (Å²) in [5.41, 5.74) is 0.240. The van der Waals surface area contributed by atoms with Crippen LogP contribution < -0.4 is 14.8 Å². The molecule has 0 radical (unpaired) electrons. The average molecular weight is 423 g/mol. The number of fused-ring (bicyclic) bond motifs is 1. The van der Waals surface area contributed by atoms with Gasteiger partial charge in [0.25, 0.3) is 5.91 Å². The quantitative estimate of drug-likeness (QED) is 0.747. The molecule has 2 aliphatic heterocycles. The van der Waals surface area contributed by atoms with Crippen molar-refractivity contribution in [2.75, 3.05) is 26.8 Å². The van der Waals surface area contributed by atoms with E-state index in [4.69, 9.17) is 9.47 Å². The number of carbonyl (C=O) groups excluding carboxylic acids is 3. The molecule has 0 bridgehead atoms. The first-order valence-corrected chi connectivity index (χ1v) is 10.2. The normalized spacial score (nSPS) is 20.9. The van der Waals surface area contributed by atoms with Crippen molar-refractivity contribution in [1.82, 2.24) is 15.1 Å². The average Bonchev–Trinajstić information content (AvgIpc) is 3.02. The third-order valence-electron chi connectivity index (χ3n) is 5.94. The topological polar surface area (TPSA) is 88.2 Å². The van der Waals surface area contributed by atoms with Gasteiger partial charge >= 0.3 is 6.03 Å². The monoisotopic (exact) mass is 423 g/mol. The standard InChI is InChI=1S/C23H25N3O5/c1-15(16-7-5-4-6-8-16)25(3)20(27)14-26-21(28)23(2,24-22(26)29)17-9-10-18-19(13-17)31-12-11-30-18/h4-10,13,15H,11-12,14H2,1-3H3,(H,24,29)/t15-,23+/m1/s1. The highest BCUT2D eigenvalue weighted by Gasteiger charge is 2.50. The number of ether oxygens (including phenoxy) is 2. The lowest BCUT2D eigenvalue weighted by Gasteiger charge is -2.27. The second kappa shape index (κ2) is 7.94. The minimum Gasteiger partial charge on any atom is -0.486 e. The molecule has 8 heteroatoms. The van der Waals surface area contributed by atoms with E-state index in [0.717, 1.165) is 10.5 Å². The van der Waals surface area contributed by atoms with Crippen molar-refractivity contribution in [2.45, 2.75) is 25.4 Å². The molecule has 8 nitrogen and oxygen atoms in total. The zero-order chi connectivity index (χ0) is 22.2. The van der Waals surface area contributed by atoms with Gasteiger partial charge in [-0.3, -0.25) is 14.5 Å². The van der Waals surface area contributed by atoms with Gasteiger partial charge < -0.3 is 19.7 Å². The number of urea groups is 1. The molecule has 4 amide bonds. The van der Waals surface area contributed by atoms with Gasteiger partial charge in [-0.25, -0.2) is 4.79 Å². The number of nitrogens with one attached hydrogen (secondary N) is 1. The second-order valence-electron chi connectivity index (χ2n) is 7.90. The van der Waals surface area contributed by atoms with E-state index in [0.29, 0.717) is 30.3 Å². The maximum Gasteiger partial charge on any atom is 0.325 e. The smallest absolute Gasteiger partial charge is 0.325 e. The SMILES string of the molecule is C[C@H](c1ccccc1)N(C)C(=O)CN1C(=O)N[C@@](C)(c2ccc3c(c2)OCCO3)C1=O. The Hall–Kier alpha value is -3.55. The molecule has 31 heavy (non-hydrogen) atoms. The van der Waals surface area contributed by atoms with E-state index in [-0.39, 0.29) is 18.5 Å². The molecule has 2 heterocycles. The second-order valence-corrected chi connectivity index (χ2v) is 7.90. The highest BCUT2D eigenvalue weighted by molar-refractivity contribution is 6.09. The Morgan fingerprint density at radius 2 is 1.81 bits per heavy atom. The van der Waals surface area contributed by atoms with Gasteiger partial charge in [0.05, 0.1) is 6.04 Å². The Morgan fingerprint density at radius 3 is 2.52 bits per heavy atom. The largest absolute Gasteiger partial charge is 0.486 e. The van der Waals surface area contributed by atoms with Crippen molar-refractivity contribution in [1.29, 1.82) is 0 Å². The Bertz CT molecular complexity index is 1030. The number of imide groups is 1. The fourth-order valence-corrected chi connectivity index (χ4v) is 3.81. The van der Waals surface area contributed by atoms with Gasteiger partial charge in [-0.05, 0) is 37.1 Å². The van der Waals surface area contributed by atoms with Crippen LogP contribution in [0.25, 0.3) is 0 Å². The van der Waals surface area contributed by atoms with Gasteiger partial charge in [0.2, 0.25) is 5.91 Å². The fourth-order valence-electron chi connectivity index (χ4n) is 3.81. The van der Waals surface area contributed by atoms with Gasteiger partial charge in [-0.2, -0.15) is 0 Å². The van der Waals surface area contributed by atoms with Gasteiger partial charge in [-0.1, -0.05) is 36.4 Å². The molecular weight excluding hydrogens is 398 g/mol. The maximum absolute atomic E-state index is 13.2. The number of amides is 4. The number of rotatable bonds is 5. The predicted octanol–water partition coefficient (Wildman–Crippen LogP) is 2.44. The molecule has 0 aliphatic carbocycles. The van der Waals surface area contributed by atoms with Crippen molar-refractivity contribution >= 4 is 17.8 Å². The van der Waals surface area contributed by atoms with Crippen molar-refractivity contribution < 1.29 is 23.9 Å². The van der Waals surface area contributed by atoms with Crippen LogP contribution in [-0.2, 0) is 15.1 Å². The van der Waals surface area contributed by atoms with E-state index in [1.165, 1.54) is 4.90 Å². The molecule has 2 aromatic carbocycles. The van der Waals surface area contributed by atoms with Crippen LogP contribution in [0.5, 0.6) is 11.5 Å². The molecule has 0 unspecified atom stereocenters. The van der Waals surface area contributed by atoms with E-state index in [9.17, 15) is 14.4 Å². The van der Waals surface area contributed by atoms with Crippen LogP contribution in [0.3, 0.4) is 0 Å². The Balaban J connectivity index is 1.51. The van der Waals surface area contributed by atoms with E-state index in [2.05, 4.69) is 5.32 Å². The summed E-state index contributed by atoms with van der Waals surface area (Å²) in [6.45, 7) is 4.07. The third-order valence-corrected chi connectivity index (χ3v) is 5.94. The summed E-state index contributed by atoms with van der Waals surface area (Å²) in [5.74, 6) is 0.312. The summed E-state index contributed by atoms with van der Waals surface area (Å²) in [6.07, 6.45) is 0. The summed E-state index contributed by atoms with van der Waals surface area (Å²) in [5, 5.41) is 2.73. The van der Waals surface area contributed by atoms with E-state index in [1.807, 2.05) is 37.3 Å². The lowest BCUT2D eigenvalue weighted by atomic mass is 9.91. The molecular formula is C23H25N3O5. The van der Waals surface area contributed by atoms with Crippen LogP contribution >= 0.6 is 0 Å². The van der Waals surface area contributed by atoms with Crippen LogP contribution in [0.1, 0.15) is 31.0 Å². The first-order valence-electron chi connectivity index (χ1n) is 10.2. The highest BCUT2D eigenvalue weighted by Crippen LogP contribution is 2.36. The minimum absolute atomic E-state index is 0.196. The lowest BCUT2D eigenvalue weighted by molar-refractivity contribution is -0.139. The Labute approximate surface area is 180 Å². The van der Waals surface area contributed by atoms with Crippen LogP contribution in [0.4, 0.5) is 4.79 Å². The van der Waals surface area contributed by atoms with Crippen LogP contribution in [0.15, 0.2) is 48.5 Å².